The molecule has 1 rings (SSSR count). The Bertz CT molecular complexity index is 260. The van der Waals surface area contributed by atoms with Crippen molar-refractivity contribution in [2.75, 3.05) is 0 Å². The van der Waals surface area contributed by atoms with Crippen LogP contribution in [0.1, 0.15) is 5.56 Å². The topological polar surface area (TPSA) is 0 Å². The van der Waals surface area contributed by atoms with Gasteiger partial charge >= 0.3 is 58.5 Å². The number of hydrogen-bond acceptors (Lipinski definition) is 0. The van der Waals surface area contributed by atoms with Crippen LogP contribution in [0.3, 0.4) is 0 Å². The Morgan fingerprint density at radius 3 is 2.18 bits per heavy atom. The zero-order chi connectivity index (χ0) is 8.27. The fourth-order valence-corrected chi connectivity index (χ4v) is 2.10. The molecule has 0 radical (unpaired) electrons. The van der Waals surface area contributed by atoms with Gasteiger partial charge in [0, 0.05) is 0 Å². The van der Waals surface area contributed by atoms with E-state index in [0.717, 1.165) is 11.6 Å². The summed E-state index contributed by atoms with van der Waals surface area (Å²) < 4.78 is 22.1. The van der Waals surface area contributed by atoms with Crippen molar-refractivity contribution >= 4 is 13.0 Å². The van der Waals surface area contributed by atoms with E-state index < -0.39 is 6.93 Å². The van der Waals surface area contributed by atoms with E-state index >= 15 is 0 Å². The van der Waals surface area contributed by atoms with Gasteiger partial charge in [0.2, 0.25) is 0 Å². The number of rotatable bonds is 1. The predicted molar refractivity (Wildman–Crippen MR) is 38.0 cm³/mol. The third kappa shape index (κ3) is 1.97. The number of hydrogen-bond donors (Lipinski definition) is 0. The average molecular weight is 392 g/mol. The van der Waals surface area contributed by atoms with Crippen molar-refractivity contribution in [2.45, 2.75) is 6.92 Å². The van der Waals surface area contributed by atoms with Crippen LogP contribution in [0.5, 0.6) is 0 Å². The van der Waals surface area contributed by atoms with E-state index in [1.165, 1.54) is 0 Å². The summed E-state index contributed by atoms with van der Waals surface area (Å²) in [6, 6.07) is 8.11. The minimum atomic E-state index is -1.49. The van der Waals surface area contributed by atoms with E-state index in [4.69, 9.17) is 0 Å². The molecule has 3 heteroatoms. The van der Waals surface area contributed by atoms with Gasteiger partial charge in [-0.2, -0.15) is 0 Å². The third-order valence-corrected chi connectivity index (χ3v) is 3.28. The predicted octanol–water partition coefficient (Wildman–Crippen LogP) is 1.73. The summed E-state index contributed by atoms with van der Waals surface area (Å²) in [6.45, 7) is 0.561. The Labute approximate surface area is 59.5 Å². The van der Waals surface area contributed by atoms with Gasteiger partial charge < -0.3 is 0 Å². The van der Waals surface area contributed by atoms with Crippen LogP contribution in [-0.2, 0) is 0 Å². The molecule has 0 fully saturated rings. The van der Waals surface area contributed by atoms with Gasteiger partial charge in [-0.3, -0.25) is 0 Å². The number of halogens is 2. The Kier molecular flexibility index (Phi) is 1.73. The van der Waals surface area contributed by atoms with Crippen molar-refractivity contribution in [2.24, 2.45) is 0 Å². The summed E-state index contributed by atoms with van der Waals surface area (Å²) in [4.78, 5) is 0. The molecule has 0 amide bonds. The van der Waals surface area contributed by atoms with Gasteiger partial charge in [0.1, 0.15) is 0 Å². The number of benzene rings is 1. The van der Waals surface area contributed by atoms with Crippen molar-refractivity contribution in [1.29, 1.82) is 0 Å². The van der Waals surface area contributed by atoms with Crippen LogP contribution in [0.15, 0.2) is 24.3 Å². The SMILES string of the molecule is Cc1cc[c]([Cf]=[C](F)F)cc1. The van der Waals surface area contributed by atoms with Crippen molar-refractivity contribution in [3.63, 3.8) is 0 Å². The second-order valence-corrected chi connectivity index (χ2v) is 5.20. The van der Waals surface area contributed by atoms with Crippen molar-refractivity contribution in [3.8, 4) is 0 Å². The first-order chi connectivity index (χ1) is 5.18. The molecule has 0 heterocycles. The monoisotopic (exact) mass is 390 g/mol. The first-order valence-corrected chi connectivity index (χ1v) is 5.65. The minimum absolute atomic E-state index is 0.811. The van der Waals surface area contributed by atoms with Crippen LogP contribution in [0.2, 0.25) is 0 Å². The molecular formula is C8H7CfF2. The van der Waals surface area contributed by atoms with E-state index in [0.29, 0.717) is 0 Å². The van der Waals surface area contributed by atoms with Gasteiger partial charge in [0.15, 0.2) is 0 Å². The molecule has 0 aliphatic rings. The molecule has 0 atom stereocenters. The Hall–Kier alpha value is -2.05. The van der Waals surface area contributed by atoms with Crippen molar-refractivity contribution in [3.05, 3.63) is 29.8 Å². The van der Waals surface area contributed by atoms with Crippen LogP contribution in [0.25, 0.3) is 0 Å². The zero-order valence-electron chi connectivity index (χ0n) is 5.88. The Balaban J connectivity index is 2.91. The van der Waals surface area contributed by atoms with Crippen molar-refractivity contribution < 1.29 is 8.78 Å². The molecule has 1 aromatic carbocycles. The summed E-state index contributed by atoms with van der Waals surface area (Å²) in [5, 5.41) is 0. The van der Waals surface area contributed by atoms with E-state index in [1.807, 2.05) is 19.1 Å². The molecule has 63 valence electrons. The molecule has 0 spiro atoms. The molecule has 0 unspecified atom stereocenters. The molecule has 0 N–H and O–H groups in total. The normalized spacial score (nSPS) is 9.00. The summed E-state index contributed by atoms with van der Waals surface area (Å²) in [5.41, 5.74) is 1.11. The van der Waals surface area contributed by atoms with Crippen molar-refractivity contribution in [1.82, 2.24) is 0 Å². The second-order valence-electron chi connectivity index (χ2n) is 2.03. The molecule has 0 nitrogen and oxygen atoms in total. The van der Waals surface area contributed by atoms with Gasteiger partial charge in [-0.1, -0.05) is 0 Å². The molecular weight excluding hydrogens is 385 g/mol. The molecule has 0 saturated carbocycles. The second kappa shape index (κ2) is 2.69. The molecule has 0 aliphatic heterocycles. The Morgan fingerprint density at radius 1 is 1.18 bits per heavy atom. The Morgan fingerprint density at radius 2 is 1.73 bits per heavy atom. The molecule has 0 saturated heterocycles. The first kappa shape index (κ1) is 7.06. The average Bonchev–Trinajstić information content (AvgIpc) is 1.93. The van der Waals surface area contributed by atoms with Gasteiger partial charge in [0.25, 0.3) is 0 Å². The van der Waals surface area contributed by atoms with Crippen LogP contribution < -0.4 is 6.07 Å². The summed E-state index contributed by atoms with van der Waals surface area (Å²) in [5.74, 6) is 0. The maximum absolute atomic E-state index is 11.8. The fraction of sp³-hybridized carbons (Fsp3) is 0.125. The third-order valence-electron chi connectivity index (χ3n) is 1.14. The van der Waals surface area contributed by atoms with Gasteiger partial charge in [-0.05, 0) is 0 Å². The molecule has 0 bridgehead atoms. The van der Waals surface area contributed by atoms with Gasteiger partial charge in [-0.15, -0.1) is 0 Å². The van der Waals surface area contributed by atoms with Crippen LogP contribution in [0, 0.1) is 6.92 Å². The summed E-state index contributed by atoms with van der Waals surface area (Å²) in [6.07, 6.45) is 0. The van der Waals surface area contributed by atoms with Gasteiger partial charge in [-0.25, -0.2) is 0 Å². The van der Waals surface area contributed by atoms with E-state index in [1.54, 1.807) is 12.1 Å². The van der Waals surface area contributed by atoms with Gasteiger partial charge in [0.05, 0.1) is 0 Å². The molecule has 1 aromatic rings. The van der Waals surface area contributed by atoms with E-state index in [9.17, 15) is 8.78 Å². The standard InChI is InChI=1S/C7H7.CF2.Cf/c1-7-5-3-2-4-6-7;2-1-3;/h3-6H,1H3;;. The molecule has 0 aromatic heterocycles. The maximum atomic E-state index is 11.8. The molecule has 11 heavy (non-hydrogen) atoms. The van der Waals surface area contributed by atoms with E-state index in [2.05, 4.69) is 0 Å². The molecule has 0 aliphatic carbocycles. The number of aryl methyl sites for hydroxylation is 1. The first-order valence-electron chi connectivity index (χ1n) is 3.02. The quantitative estimate of drug-likeness (QED) is 0.683. The summed E-state index contributed by atoms with van der Waals surface area (Å²) >= 11 is 0. The van der Waals surface area contributed by atoms with Crippen LogP contribution in [-0.4, -0.2) is 6.93 Å². The van der Waals surface area contributed by atoms with Crippen LogP contribution in [0.4, 0.5) is 8.78 Å². The fourth-order valence-electron chi connectivity index (χ4n) is 0.645. The van der Waals surface area contributed by atoms with E-state index in [-0.39, 0.29) is 0 Å². The zero-order valence-corrected chi connectivity index (χ0v) is 8.51. The van der Waals surface area contributed by atoms with Crippen LogP contribution >= 0.6 is 0 Å². The summed E-state index contributed by atoms with van der Waals surface area (Å²) in [7, 11) is 0.